The Labute approximate surface area is 110 Å². The first-order chi connectivity index (χ1) is 8.87. The van der Waals surface area contributed by atoms with Gasteiger partial charge in [-0.25, -0.2) is 0 Å². The van der Waals surface area contributed by atoms with E-state index in [-0.39, 0.29) is 38.6 Å². The summed E-state index contributed by atoms with van der Waals surface area (Å²) in [5, 5.41) is 13.8. The number of aliphatic hydroxyl groups is 1. The summed E-state index contributed by atoms with van der Waals surface area (Å²) in [4.78, 5) is 11.9. The normalized spacial score (nSPS) is 25.3. The van der Waals surface area contributed by atoms with Gasteiger partial charge in [0, 0.05) is 19.7 Å². The van der Waals surface area contributed by atoms with E-state index < -0.39 is 17.5 Å². The van der Waals surface area contributed by atoms with Crippen LogP contribution in [0.4, 0.5) is 13.2 Å². The van der Waals surface area contributed by atoms with Crippen molar-refractivity contribution in [3.05, 3.63) is 0 Å². The lowest BCUT2D eigenvalue weighted by Crippen LogP contribution is -2.52. The van der Waals surface area contributed by atoms with Crippen molar-refractivity contribution in [2.45, 2.75) is 32.4 Å². The number of carbonyl (C=O) groups is 1. The third-order valence-corrected chi connectivity index (χ3v) is 3.80. The second kappa shape index (κ2) is 6.56. The lowest BCUT2D eigenvalue weighted by Gasteiger charge is -2.30. The first-order valence-corrected chi connectivity index (χ1v) is 6.54. The monoisotopic (exact) mass is 282 g/mol. The highest BCUT2D eigenvalue weighted by Crippen LogP contribution is 2.43. The second-order valence-electron chi connectivity index (χ2n) is 5.00. The number of nitrogens with one attached hydrogen (secondary N) is 2. The minimum atomic E-state index is -4.54. The number of aliphatic hydroxyl groups excluding tert-OH is 1. The van der Waals surface area contributed by atoms with Crippen molar-refractivity contribution >= 4 is 5.91 Å². The van der Waals surface area contributed by atoms with Gasteiger partial charge in [-0.05, 0) is 25.3 Å². The van der Waals surface area contributed by atoms with E-state index in [0.717, 1.165) is 0 Å². The second-order valence-corrected chi connectivity index (χ2v) is 5.00. The van der Waals surface area contributed by atoms with Gasteiger partial charge in [-0.1, -0.05) is 13.3 Å². The molecule has 1 amide bonds. The van der Waals surface area contributed by atoms with Crippen molar-refractivity contribution in [2.24, 2.45) is 11.3 Å². The van der Waals surface area contributed by atoms with E-state index in [1.54, 1.807) is 0 Å². The standard InChI is InChI=1S/C12H21F3N2O2/c1-2-9(3-6-18)7-17-10(19)11(12(13,14)15)4-5-16-8-11/h9,16,18H,2-8H2,1H3,(H,17,19). The van der Waals surface area contributed by atoms with Gasteiger partial charge in [0.05, 0.1) is 0 Å². The highest BCUT2D eigenvalue weighted by atomic mass is 19.4. The van der Waals surface area contributed by atoms with Crippen LogP contribution >= 0.6 is 0 Å². The largest absolute Gasteiger partial charge is 0.404 e. The average Bonchev–Trinajstić information content (AvgIpc) is 2.84. The Morgan fingerprint density at radius 3 is 2.63 bits per heavy atom. The van der Waals surface area contributed by atoms with Crippen molar-refractivity contribution in [3.63, 3.8) is 0 Å². The molecule has 2 unspecified atom stereocenters. The number of alkyl halides is 3. The number of hydrogen-bond donors (Lipinski definition) is 3. The van der Waals surface area contributed by atoms with E-state index in [0.29, 0.717) is 12.8 Å². The number of amides is 1. The Hall–Kier alpha value is -0.820. The molecule has 0 spiro atoms. The van der Waals surface area contributed by atoms with Gasteiger partial charge in [0.2, 0.25) is 5.91 Å². The molecule has 1 aliphatic rings. The van der Waals surface area contributed by atoms with Crippen LogP contribution < -0.4 is 10.6 Å². The minimum Gasteiger partial charge on any atom is -0.396 e. The highest BCUT2D eigenvalue weighted by Gasteiger charge is 2.61. The molecule has 1 fully saturated rings. The van der Waals surface area contributed by atoms with Crippen molar-refractivity contribution in [3.8, 4) is 0 Å². The fraction of sp³-hybridized carbons (Fsp3) is 0.917. The van der Waals surface area contributed by atoms with Gasteiger partial charge in [-0.15, -0.1) is 0 Å². The Bertz CT molecular complexity index is 302. The van der Waals surface area contributed by atoms with Crippen LogP contribution in [0.1, 0.15) is 26.2 Å². The Morgan fingerprint density at radius 2 is 2.21 bits per heavy atom. The molecule has 0 aromatic heterocycles. The quantitative estimate of drug-likeness (QED) is 0.682. The molecule has 19 heavy (non-hydrogen) atoms. The van der Waals surface area contributed by atoms with E-state index in [1.807, 2.05) is 6.92 Å². The third-order valence-electron chi connectivity index (χ3n) is 3.80. The maximum atomic E-state index is 13.1. The molecule has 7 heteroatoms. The predicted octanol–water partition coefficient (Wildman–Crippen LogP) is 1.05. The van der Waals surface area contributed by atoms with Crippen molar-refractivity contribution in [2.75, 3.05) is 26.2 Å². The first-order valence-electron chi connectivity index (χ1n) is 6.54. The smallest absolute Gasteiger partial charge is 0.396 e. The zero-order valence-electron chi connectivity index (χ0n) is 11.0. The van der Waals surface area contributed by atoms with E-state index in [4.69, 9.17) is 5.11 Å². The van der Waals surface area contributed by atoms with Crippen molar-refractivity contribution in [1.82, 2.24) is 10.6 Å². The molecule has 112 valence electrons. The van der Waals surface area contributed by atoms with Gasteiger partial charge in [0.1, 0.15) is 0 Å². The summed E-state index contributed by atoms with van der Waals surface area (Å²) in [5.41, 5.74) is -2.30. The van der Waals surface area contributed by atoms with Crippen molar-refractivity contribution in [1.29, 1.82) is 0 Å². The Balaban J connectivity index is 2.64. The molecular weight excluding hydrogens is 261 g/mol. The van der Waals surface area contributed by atoms with Gasteiger partial charge in [-0.2, -0.15) is 13.2 Å². The van der Waals surface area contributed by atoms with Gasteiger partial charge >= 0.3 is 6.18 Å². The fourth-order valence-electron chi connectivity index (χ4n) is 2.30. The van der Waals surface area contributed by atoms with E-state index >= 15 is 0 Å². The van der Waals surface area contributed by atoms with Crippen LogP contribution in [0, 0.1) is 11.3 Å². The molecular formula is C12H21F3N2O2. The lowest BCUT2D eigenvalue weighted by atomic mass is 9.85. The molecule has 0 aliphatic carbocycles. The zero-order valence-corrected chi connectivity index (χ0v) is 11.0. The summed E-state index contributed by atoms with van der Waals surface area (Å²) < 4.78 is 39.2. The number of rotatable bonds is 6. The molecule has 2 atom stereocenters. The van der Waals surface area contributed by atoms with Crippen LogP contribution in [0.25, 0.3) is 0 Å². The molecule has 0 radical (unpaired) electrons. The molecule has 1 rings (SSSR count). The molecule has 1 saturated heterocycles. The van der Waals surface area contributed by atoms with Crippen LogP contribution in [-0.4, -0.2) is 43.4 Å². The maximum Gasteiger partial charge on any atom is 0.404 e. The molecule has 0 aromatic rings. The van der Waals surface area contributed by atoms with Gasteiger partial charge in [0.25, 0.3) is 0 Å². The third kappa shape index (κ3) is 3.60. The molecule has 0 saturated carbocycles. The van der Waals surface area contributed by atoms with Gasteiger partial charge in [0.15, 0.2) is 5.41 Å². The number of halogens is 3. The SMILES string of the molecule is CCC(CCO)CNC(=O)C1(C(F)(F)F)CCNC1. The molecule has 0 aromatic carbocycles. The minimum absolute atomic E-state index is 0.00796. The lowest BCUT2D eigenvalue weighted by molar-refractivity contribution is -0.216. The van der Waals surface area contributed by atoms with E-state index in [2.05, 4.69) is 10.6 Å². The van der Waals surface area contributed by atoms with Crippen molar-refractivity contribution < 1.29 is 23.1 Å². The summed E-state index contributed by atoms with van der Waals surface area (Å²) in [6.45, 7) is 1.86. The summed E-state index contributed by atoms with van der Waals surface area (Å²) in [6, 6.07) is 0. The summed E-state index contributed by atoms with van der Waals surface area (Å²) >= 11 is 0. The zero-order chi connectivity index (χ0) is 14.5. The maximum absolute atomic E-state index is 13.1. The van der Waals surface area contributed by atoms with Crippen LogP contribution in [0.3, 0.4) is 0 Å². The Morgan fingerprint density at radius 1 is 1.53 bits per heavy atom. The highest BCUT2D eigenvalue weighted by molar-refractivity contribution is 5.84. The van der Waals surface area contributed by atoms with Crippen LogP contribution in [0.15, 0.2) is 0 Å². The summed E-state index contributed by atoms with van der Waals surface area (Å²) in [7, 11) is 0. The van der Waals surface area contributed by atoms with Crippen LogP contribution in [0.5, 0.6) is 0 Å². The van der Waals surface area contributed by atoms with E-state index in [9.17, 15) is 18.0 Å². The van der Waals surface area contributed by atoms with Gasteiger partial charge < -0.3 is 15.7 Å². The average molecular weight is 282 g/mol. The number of carbonyl (C=O) groups excluding carboxylic acids is 1. The molecule has 3 N–H and O–H groups in total. The predicted molar refractivity (Wildman–Crippen MR) is 64.5 cm³/mol. The molecule has 1 heterocycles. The molecule has 0 bridgehead atoms. The molecule has 4 nitrogen and oxygen atoms in total. The van der Waals surface area contributed by atoms with Crippen LogP contribution in [0.2, 0.25) is 0 Å². The van der Waals surface area contributed by atoms with Crippen LogP contribution in [-0.2, 0) is 4.79 Å². The van der Waals surface area contributed by atoms with E-state index in [1.165, 1.54) is 0 Å². The topological polar surface area (TPSA) is 61.4 Å². The Kier molecular flexibility index (Phi) is 5.61. The number of hydrogen-bond acceptors (Lipinski definition) is 3. The first kappa shape index (κ1) is 16.2. The fourth-order valence-corrected chi connectivity index (χ4v) is 2.30. The summed E-state index contributed by atoms with van der Waals surface area (Å²) in [6.07, 6.45) is -3.58. The summed E-state index contributed by atoms with van der Waals surface area (Å²) in [5.74, 6) is -0.949. The molecule has 1 aliphatic heterocycles. The van der Waals surface area contributed by atoms with Gasteiger partial charge in [-0.3, -0.25) is 4.79 Å².